The Kier molecular flexibility index (Phi) is 4.09. The van der Waals surface area contributed by atoms with Crippen LogP contribution in [-0.2, 0) is 4.74 Å². The number of piperidine rings is 1. The van der Waals surface area contributed by atoms with Crippen LogP contribution in [0.25, 0.3) is 0 Å². The molecule has 1 saturated heterocycles. The summed E-state index contributed by atoms with van der Waals surface area (Å²) in [7, 11) is 0. The van der Waals surface area contributed by atoms with E-state index < -0.39 is 5.60 Å². The fraction of sp³-hybridized carbons (Fsp3) is 0.933. The predicted molar refractivity (Wildman–Crippen MR) is 75.7 cm³/mol. The van der Waals surface area contributed by atoms with Crippen LogP contribution in [0.15, 0.2) is 0 Å². The van der Waals surface area contributed by atoms with Gasteiger partial charge in [-0.2, -0.15) is 0 Å². The standard InChI is InChI=1S/C15H28N2O2/c1-10-9-17(14(18)19-15(2,3)4)6-5-12(10)13-7-11(13)8-16/h10-13H,5-9,16H2,1-4H3. The van der Waals surface area contributed by atoms with Gasteiger partial charge in [-0.05, 0) is 63.8 Å². The molecule has 4 atom stereocenters. The van der Waals surface area contributed by atoms with E-state index in [1.807, 2.05) is 25.7 Å². The second-order valence-corrected chi connectivity index (χ2v) is 7.25. The predicted octanol–water partition coefficient (Wildman–Crippen LogP) is 2.47. The van der Waals surface area contributed by atoms with Crippen LogP contribution in [-0.4, -0.2) is 36.2 Å². The van der Waals surface area contributed by atoms with Crippen molar-refractivity contribution in [1.82, 2.24) is 4.90 Å². The van der Waals surface area contributed by atoms with Crippen LogP contribution < -0.4 is 5.73 Å². The lowest BCUT2D eigenvalue weighted by Gasteiger charge is -2.38. The molecule has 1 heterocycles. The molecule has 2 aliphatic rings. The quantitative estimate of drug-likeness (QED) is 0.837. The maximum Gasteiger partial charge on any atom is 0.410 e. The number of hydrogen-bond donors (Lipinski definition) is 1. The summed E-state index contributed by atoms with van der Waals surface area (Å²) in [6.07, 6.45) is 2.23. The van der Waals surface area contributed by atoms with Gasteiger partial charge in [0.25, 0.3) is 0 Å². The number of ether oxygens (including phenoxy) is 1. The third kappa shape index (κ3) is 3.62. The highest BCUT2D eigenvalue weighted by Gasteiger charge is 2.45. The van der Waals surface area contributed by atoms with Crippen LogP contribution in [0.5, 0.6) is 0 Å². The second kappa shape index (κ2) is 5.31. The lowest BCUT2D eigenvalue weighted by atomic mass is 9.82. The van der Waals surface area contributed by atoms with E-state index in [2.05, 4.69) is 6.92 Å². The van der Waals surface area contributed by atoms with E-state index in [1.54, 1.807) is 0 Å². The molecule has 0 bridgehead atoms. The smallest absolute Gasteiger partial charge is 0.410 e. The van der Waals surface area contributed by atoms with Crippen LogP contribution in [0.1, 0.15) is 40.5 Å². The van der Waals surface area contributed by atoms with E-state index in [0.29, 0.717) is 5.92 Å². The van der Waals surface area contributed by atoms with Crippen molar-refractivity contribution in [3.63, 3.8) is 0 Å². The first-order valence-corrected chi connectivity index (χ1v) is 7.50. The van der Waals surface area contributed by atoms with Gasteiger partial charge in [0.15, 0.2) is 0 Å². The van der Waals surface area contributed by atoms with E-state index in [4.69, 9.17) is 10.5 Å². The minimum absolute atomic E-state index is 0.163. The molecular formula is C15H28N2O2. The molecule has 0 aromatic rings. The Balaban J connectivity index is 1.84. The number of carbonyl (C=O) groups is 1. The van der Waals surface area contributed by atoms with Crippen molar-refractivity contribution in [2.75, 3.05) is 19.6 Å². The maximum absolute atomic E-state index is 12.1. The van der Waals surface area contributed by atoms with Gasteiger partial charge < -0.3 is 15.4 Å². The average Bonchev–Trinajstić information content (AvgIpc) is 3.05. The molecule has 1 aliphatic heterocycles. The molecule has 4 unspecified atom stereocenters. The topological polar surface area (TPSA) is 55.6 Å². The summed E-state index contributed by atoms with van der Waals surface area (Å²) < 4.78 is 5.45. The number of carbonyl (C=O) groups excluding carboxylic acids is 1. The van der Waals surface area contributed by atoms with Crippen molar-refractivity contribution in [1.29, 1.82) is 0 Å². The number of nitrogens with two attached hydrogens (primary N) is 1. The summed E-state index contributed by atoms with van der Waals surface area (Å²) in [5, 5.41) is 0. The number of hydrogen-bond acceptors (Lipinski definition) is 3. The fourth-order valence-electron chi connectivity index (χ4n) is 3.36. The van der Waals surface area contributed by atoms with E-state index in [1.165, 1.54) is 6.42 Å². The number of rotatable bonds is 2. The Morgan fingerprint density at radius 1 is 1.37 bits per heavy atom. The van der Waals surface area contributed by atoms with Gasteiger partial charge in [-0.1, -0.05) is 6.92 Å². The molecule has 4 heteroatoms. The first-order valence-electron chi connectivity index (χ1n) is 7.50. The highest BCUT2D eigenvalue weighted by Crippen LogP contribution is 2.49. The van der Waals surface area contributed by atoms with Crippen molar-refractivity contribution >= 4 is 6.09 Å². The highest BCUT2D eigenvalue weighted by atomic mass is 16.6. The molecule has 0 aromatic heterocycles. The Morgan fingerprint density at radius 3 is 2.53 bits per heavy atom. The van der Waals surface area contributed by atoms with Crippen molar-refractivity contribution in [3.8, 4) is 0 Å². The number of nitrogens with zero attached hydrogens (tertiary/aromatic N) is 1. The van der Waals surface area contributed by atoms with Gasteiger partial charge >= 0.3 is 6.09 Å². The molecule has 1 saturated carbocycles. The van der Waals surface area contributed by atoms with Crippen molar-refractivity contribution in [3.05, 3.63) is 0 Å². The van der Waals surface area contributed by atoms with Gasteiger partial charge in [-0.25, -0.2) is 4.79 Å². The third-order valence-electron chi connectivity index (χ3n) is 4.45. The maximum atomic E-state index is 12.1. The first-order chi connectivity index (χ1) is 8.81. The van der Waals surface area contributed by atoms with Crippen LogP contribution in [0.3, 0.4) is 0 Å². The lowest BCUT2D eigenvalue weighted by Crippen LogP contribution is -2.45. The molecule has 110 valence electrons. The van der Waals surface area contributed by atoms with Crippen molar-refractivity contribution in [2.24, 2.45) is 29.4 Å². The molecule has 0 spiro atoms. The molecule has 2 rings (SSSR count). The molecule has 0 aromatic carbocycles. The third-order valence-corrected chi connectivity index (χ3v) is 4.45. The summed E-state index contributed by atoms with van der Waals surface area (Å²) in [4.78, 5) is 13.9. The van der Waals surface area contributed by atoms with Crippen LogP contribution >= 0.6 is 0 Å². The SMILES string of the molecule is CC1CN(C(=O)OC(C)(C)C)CCC1C1CC1CN. The van der Waals surface area contributed by atoms with Crippen LogP contribution in [0.2, 0.25) is 0 Å². The molecule has 4 nitrogen and oxygen atoms in total. The molecule has 2 N–H and O–H groups in total. The zero-order valence-corrected chi connectivity index (χ0v) is 12.7. The van der Waals surface area contributed by atoms with E-state index in [-0.39, 0.29) is 6.09 Å². The largest absolute Gasteiger partial charge is 0.444 e. The van der Waals surface area contributed by atoms with Gasteiger partial charge in [-0.3, -0.25) is 0 Å². The second-order valence-electron chi connectivity index (χ2n) is 7.25. The van der Waals surface area contributed by atoms with Gasteiger partial charge in [0.05, 0.1) is 0 Å². The Morgan fingerprint density at radius 2 is 2.05 bits per heavy atom. The lowest BCUT2D eigenvalue weighted by molar-refractivity contribution is 0.00976. The minimum atomic E-state index is -0.404. The Hall–Kier alpha value is -0.770. The van der Waals surface area contributed by atoms with Crippen molar-refractivity contribution < 1.29 is 9.53 Å². The zero-order valence-electron chi connectivity index (χ0n) is 12.7. The fourth-order valence-corrected chi connectivity index (χ4v) is 3.36. The highest BCUT2D eigenvalue weighted by molar-refractivity contribution is 5.68. The van der Waals surface area contributed by atoms with E-state index in [0.717, 1.165) is 43.8 Å². The molecule has 0 radical (unpaired) electrons. The monoisotopic (exact) mass is 268 g/mol. The van der Waals surface area contributed by atoms with Gasteiger partial charge in [0, 0.05) is 13.1 Å². The Labute approximate surface area is 116 Å². The molecule has 2 fully saturated rings. The Bertz CT molecular complexity index is 338. The molecule has 1 amide bonds. The summed E-state index contributed by atoms with van der Waals surface area (Å²) >= 11 is 0. The summed E-state index contributed by atoms with van der Waals surface area (Å²) in [6.45, 7) is 10.5. The number of likely N-dealkylation sites (tertiary alicyclic amines) is 1. The van der Waals surface area contributed by atoms with Gasteiger partial charge in [-0.15, -0.1) is 0 Å². The summed E-state index contributed by atoms with van der Waals surface area (Å²) in [5.41, 5.74) is 5.33. The zero-order chi connectivity index (χ0) is 14.2. The minimum Gasteiger partial charge on any atom is -0.444 e. The van der Waals surface area contributed by atoms with Crippen LogP contribution in [0, 0.1) is 23.7 Å². The average molecular weight is 268 g/mol. The summed E-state index contributed by atoms with van der Waals surface area (Å²) in [5.74, 6) is 2.84. The van der Waals surface area contributed by atoms with Crippen LogP contribution in [0.4, 0.5) is 4.79 Å². The van der Waals surface area contributed by atoms with E-state index in [9.17, 15) is 4.79 Å². The van der Waals surface area contributed by atoms with Crippen molar-refractivity contribution in [2.45, 2.75) is 46.1 Å². The van der Waals surface area contributed by atoms with Gasteiger partial charge in [0.2, 0.25) is 0 Å². The number of amides is 1. The van der Waals surface area contributed by atoms with E-state index >= 15 is 0 Å². The summed E-state index contributed by atoms with van der Waals surface area (Å²) in [6, 6.07) is 0. The normalized spacial score (nSPS) is 35.1. The first kappa shape index (κ1) is 14.6. The molecule has 19 heavy (non-hydrogen) atoms. The molecule has 1 aliphatic carbocycles. The van der Waals surface area contributed by atoms with Gasteiger partial charge in [0.1, 0.15) is 5.60 Å². The molecular weight excluding hydrogens is 240 g/mol.